The molecule has 5 heteroatoms. The Balaban J connectivity index is 2.17. The van der Waals surface area contributed by atoms with Gasteiger partial charge in [0.1, 0.15) is 5.69 Å². The molecule has 116 valence electrons. The molecular formula is C17H22N4O. The topological polar surface area (TPSA) is 68.6 Å². The summed E-state index contributed by atoms with van der Waals surface area (Å²) in [4.78, 5) is 30.2. The van der Waals surface area contributed by atoms with Crippen LogP contribution in [0.5, 0.6) is 0 Å². The predicted molar refractivity (Wildman–Crippen MR) is 85.1 cm³/mol. The van der Waals surface area contributed by atoms with Crippen molar-refractivity contribution in [3.05, 3.63) is 45.6 Å². The number of carbonyl (C=O) groups excluding carboxylic acids is 1. The van der Waals surface area contributed by atoms with Crippen LogP contribution in [0.1, 0.15) is 56.8 Å². The Labute approximate surface area is 131 Å². The van der Waals surface area contributed by atoms with Crippen molar-refractivity contribution in [3.63, 3.8) is 0 Å². The highest BCUT2D eigenvalue weighted by Crippen LogP contribution is 2.13. The molecule has 2 rings (SSSR count). The molecule has 0 saturated carbocycles. The summed E-state index contributed by atoms with van der Waals surface area (Å²) in [5.41, 5.74) is 6.44. The third kappa shape index (κ3) is 3.35. The van der Waals surface area contributed by atoms with E-state index in [1.807, 2.05) is 41.5 Å². The zero-order chi connectivity index (χ0) is 16.4. The van der Waals surface area contributed by atoms with Crippen LogP contribution in [0.3, 0.4) is 0 Å². The molecule has 0 aliphatic rings. The number of hydrogen-bond acceptors (Lipinski definition) is 5. The average Bonchev–Trinajstić information content (AvgIpc) is 2.45. The molecule has 0 fully saturated rings. The number of aromatic nitrogens is 4. The van der Waals surface area contributed by atoms with Gasteiger partial charge in [0, 0.05) is 6.42 Å². The summed E-state index contributed by atoms with van der Waals surface area (Å²) in [6.07, 6.45) is 0.947. The standard InChI is InChI=1S/C17H22N4O/c1-9-11(3)20-15(13(5)18-9)7-8-16(22)17-14(6)19-10(2)12(4)21-17/h7-8H2,1-6H3. The van der Waals surface area contributed by atoms with Gasteiger partial charge in [-0.05, 0) is 48.0 Å². The van der Waals surface area contributed by atoms with Crippen LogP contribution in [0.4, 0.5) is 0 Å². The highest BCUT2D eigenvalue weighted by Gasteiger charge is 2.15. The fourth-order valence-electron chi connectivity index (χ4n) is 2.33. The average molecular weight is 298 g/mol. The van der Waals surface area contributed by atoms with Crippen LogP contribution in [-0.4, -0.2) is 25.7 Å². The molecular weight excluding hydrogens is 276 g/mol. The second-order valence-electron chi connectivity index (χ2n) is 5.68. The minimum Gasteiger partial charge on any atom is -0.292 e. The van der Waals surface area contributed by atoms with Crippen LogP contribution >= 0.6 is 0 Å². The highest BCUT2D eigenvalue weighted by atomic mass is 16.1. The van der Waals surface area contributed by atoms with Crippen LogP contribution in [0.2, 0.25) is 0 Å². The highest BCUT2D eigenvalue weighted by molar-refractivity contribution is 5.95. The minimum atomic E-state index is 0.00697. The third-order valence-electron chi connectivity index (χ3n) is 3.91. The van der Waals surface area contributed by atoms with Gasteiger partial charge in [0.25, 0.3) is 0 Å². The van der Waals surface area contributed by atoms with Crippen molar-refractivity contribution >= 4 is 5.78 Å². The van der Waals surface area contributed by atoms with Gasteiger partial charge in [0.05, 0.1) is 39.9 Å². The number of nitrogens with zero attached hydrogens (tertiary/aromatic N) is 4. The van der Waals surface area contributed by atoms with E-state index in [-0.39, 0.29) is 5.78 Å². The Morgan fingerprint density at radius 1 is 0.682 bits per heavy atom. The maximum atomic E-state index is 12.4. The largest absolute Gasteiger partial charge is 0.292 e. The van der Waals surface area contributed by atoms with Crippen molar-refractivity contribution in [1.29, 1.82) is 0 Å². The molecule has 2 aromatic heterocycles. The first kappa shape index (κ1) is 16.2. The maximum absolute atomic E-state index is 12.4. The smallest absolute Gasteiger partial charge is 0.183 e. The summed E-state index contributed by atoms with van der Waals surface area (Å²) in [5, 5.41) is 0. The third-order valence-corrected chi connectivity index (χ3v) is 3.91. The molecule has 0 aliphatic heterocycles. The lowest BCUT2D eigenvalue weighted by Crippen LogP contribution is -2.12. The summed E-state index contributed by atoms with van der Waals surface area (Å²) >= 11 is 0. The van der Waals surface area contributed by atoms with Gasteiger partial charge in [-0.2, -0.15) is 0 Å². The molecule has 0 bridgehead atoms. The molecule has 0 aromatic carbocycles. The SMILES string of the molecule is Cc1nc(C)c(CCC(=O)c2nc(C)c(C)nc2C)nc1C. The Morgan fingerprint density at radius 3 is 1.82 bits per heavy atom. The predicted octanol–water partition coefficient (Wildman–Crippen LogP) is 2.93. The number of Topliss-reactive ketones (excluding diaryl/α,β-unsaturated/α-hetero) is 1. The Kier molecular flexibility index (Phi) is 4.64. The van der Waals surface area contributed by atoms with E-state index in [0.29, 0.717) is 24.2 Å². The Bertz CT molecular complexity index is 738. The van der Waals surface area contributed by atoms with Crippen molar-refractivity contribution in [2.75, 3.05) is 0 Å². The van der Waals surface area contributed by atoms with Gasteiger partial charge >= 0.3 is 0 Å². The quantitative estimate of drug-likeness (QED) is 0.812. The van der Waals surface area contributed by atoms with Gasteiger partial charge in [-0.15, -0.1) is 0 Å². The molecule has 2 aromatic rings. The van der Waals surface area contributed by atoms with E-state index in [0.717, 1.165) is 34.2 Å². The molecule has 0 spiro atoms. The number of rotatable bonds is 4. The fourth-order valence-corrected chi connectivity index (χ4v) is 2.33. The molecule has 0 amide bonds. The fraction of sp³-hybridized carbons (Fsp3) is 0.471. The summed E-state index contributed by atoms with van der Waals surface area (Å²) in [6.45, 7) is 11.4. The summed E-state index contributed by atoms with van der Waals surface area (Å²) in [7, 11) is 0. The van der Waals surface area contributed by atoms with E-state index in [2.05, 4.69) is 19.9 Å². The number of aryl methyl sites for hydroxylation is 7. The van der Waals surface area contributed by atoms with E-state index < -0.39 is 0 Å². The summed E-state index contributed by atoms with van der Waals surface area (Å²) in [5.74, 6) is 0.00697. The molecule has 0 aliphatic carbocycles. The van der Waals surface area contributed by atoms with Crippen LogP contribution in [-0.2, 0) is 6.42 Å². The van der Waals surface area contributed by atoms with Crippen LogP contribution in [0.15, 0.2) is 0 Å². The molecule has 0 unspecified atom stereocenters. The lowest BCUT2D eigenvalue weighted by atomic mass is 10.1. The lowest BCUT2D eigenvalue weighted by molar-refractivity contribution is 0.0976. The van der Waals surface area contributed by atoms with E-state index in [4.69, 9.17) is 0 Å². The number of carbonyl (C=O) groups is 1. The van der Waals surface area contributed by atoms with E-state index >= 15 is 0 Å². The first-order chi connectivity index (χ1) is 10.3. The lowest BCUT2D eigenvalue weighted by Gasteiger charge is -2.09. The van der Waals surface area contributed by atoms with Crippen molar-refractivity contribution in [2.45, 2.75) is 54.4 Å². The van der Waals surface area contributed by atoms with E-state index in [1.54, 1.807) is 0 Å². The molecule has 0 saturated heterocycles. The van der Waals surface area contributed by atoms with E-state index in [1.165, 1.54) is 0 Å². The van der Waals surface area contributed by atoms with Gasteiger partial charge < -0.3 is 0 Å². The maximum Gasteiger partial charge on any atom is 0.183 e. The molecule has 5 nitrogen and oxygen atoms in total. The van der Waals surface area contributed by atoms with Crippen molar-refractivity contribution in [1.82, 2.24) is 19.9 Å². The van der Waals surface area contributed by atoms with E-state index in [9.17, 15) is 4.79 Å². The van der Waals surface area contributed by atoms with Gasteiger partial charge in [-0.3, -0.25) is 19.7 Å². The molecule has 0 N–H and O–H groups in total. The second-order valence-corrected chi connectivity index (χ2v) is 5.68. The monoisotopic (exact) mass is 298 g/mol. The zero-order valence-corrected chi connectivity index (χ0v) is 14.1. The van der Waals surface area contributed by atoms with Crippen LogP contribution in [0.25, 0.3) is 0 Å². The molecule has 22 heavy (non-hydrogen) atoms. The Hall–Kier alpha value is -2.17. The first-order valence-corrected chi connectivity index (χ1v) is 7.45. The molecule has 2 heterocycles. The van der Waals surface area contributed by atoms with Crippen molar-refractivity contribution in [2.24, 2.45) is 0 Å². The zero-order valence-electron chi connectivity index (χ0n) is 14.1. The molecule has 0 atom stereocenters. The minimum absolute atomic E-state index is 0.00697. The Morgan fingerprint density at radius 2 is 1.18 bits per heavy atom. The van der Waals surface area contributed by atoms with Crippen LogP contribution in [0, 0.1) is 41.5 Å². The second kappa shape index (κ2) is 6.30. The summed E-state index contributed by atoms with van der Waals surface area (Å²) in [6, 6.07) is 0. The van der Waals surface area contributed by atoms with Crippen molar-refractivity contribution in [3.8, 4) is 0 Å². The van der Waals surface area contributed by atoms with Gasteiger partial charge in [-0.25, -0.2) is 4.98 Å². The number of ketones is 1. The normalized spacial score (nSPS) is 10.8. The van der Waals surface area contributed by atoms with Gasteiger partial charge in [-0.1, -0.05) is 0 Å². The number of hydrogen-bond donors (Lipinski definition) is 0. The van der Waals surface area contributed by atoms with Gasteiger partial charge in [0.15, 0.2) is 5.78 Å². The first-order valence-electron chi connectivity index (χ1n) is 7.45. The van der Waals surface area contributed by atoms with Crippen LogP contribution < -0.4 is 0 Å². The molecule has 0 radical (unpaired) electrons. The summed E-state index contributed by atoms with van der Waals surface area (Å²) < 4.78 is 0. The van der Waals surface area contributed by atoms with Gasteiger partial charge in [0.2, 0.25) is 0 Å². The van der Waals surface area contributed by atoms with Crippen molar-refractivity contribution < 1.29 is 4.79 Å².